The van der Waals surface area contributed by atoms with Crippen LogP contribution in [0.4, 0.5) is 0 Å². The molecular weight excluding hydrogens is 372 g/mol. The summed E-state index contributed by atoms with van der Waals surface area (Å²) in [5.41, 5.74) is 2.56. The van der Waals surface area contributed by atoms with Crippen LogP contribution in [0.5, 0.6) is 5.75 Å². The summed E-state index contributed by atoms with van der Waals surface area (Å²) < 4.78 is 5.44. The number of aryl methyl sites for hydroxylation is 1. The highest BCUT2D eigenvalue weighted by Gasteiger charge is 2.16. The largest absolute Gasteiger partial charge is 0.496 e. The zero-order valence-corrected chi connectivity index (χ0v) is 16.0. The number of aromatic amines is 1. The highest BCUT2D eigenvalue weighted by molar-refractivity contribution is 7.99. The van der Waals surface area contributed by atoms with Gasteiger partial charge in [-0.3, -0.25) is 9.59 Å². The van der Waals surface area contributed by atoms with Crippen molar-refractivity contribution in [3.05, 3.63) is 39.5 Å². The van der Waals surface area contributed by atoms with Crippen LogP contribution in [0.1, 0.15) is 18.4 Å². The zero-order valence-electron chi connectivity index (χ0n) is 14.4. The molecule has 2 heterocycles. The number of H-pyrrole nitrogens is 1. The number of aromatic nitrogens is 2. The lowest BCUT2D eigenvalue weighted by Gasteiger charge is -2.08. The molecule has 0 unspecified atom stereocenters. The van der Waals surface area contributed by atoms with Crippen LogP contribution in [0.3, 0.4) is 0 Å². The van der Waals surface area contributed by atoms with Gasteiger partial charge in [0.05, 0.1) is 12.5 Å². The van der Waals surface area contributed by atoms with Crippen molar-refractivity contribution < 1.29 is 14.6 Å². The van der Waals surface area contributed by atoms with Gasteiger partial charge in [0.15, 0.2) is 5.16 Å². The summed E-state index contributed by atoms with van der Waals surface area (Å²) in [5.74, 6) is 0.476. The van der Waals surface area contributed by atoms with E-state index in [2.05, 4.69) is 9.97 Å². The van der Waals surface area contributed by atoms with Crippen LogP contribution >= 0.6 is 23.1 Å². The second-order valence-corrected chi connectivity index (χ2v) is 7.69. The first-order valence-electron chi connectivity index (χ1n) is 8.00. The Hall–Kier alpha value is -2.32. The van der Waals surface area contributed by atoms with Crippen LogP contribution in [0.2, 0.25) is 0 Å². The lowest BCUT2D eigenvalue weighted by Crippen LogP contribution is -2.09. The third-order valence-corrected chi connectivity index (χ3v) is 5.67. The Balaban J connectivity index is 1.95. The van der Waals surface area contributed by atoms with Gasteiger partial charge < -0.3 is 14.8 Å². The third kappa shape index (κ3) is 3.91. The number of benzene rings is 1. The summed E-state index contributed by atoms with van der Waals surface area (Å²) >= 11 is 2.77. The summed E-state index contributed by atoms with van der Waals surface area (Å²) in [5, 5.41) is 11.7. The number of aliphatic carboxylic acids is 1. The van der Waals surface area contributed by atoms with Gasteiger partial charge in [-0.2, -0.15) is 0 Å². The number of methoxy groups -OCH3 is 1. The van der Waals surface area contributed by atoms with Gasteiger partial charge in [-0.25, -0.2) is 4.98 Å². The zero-order chi connectivity index (χ0) is 18.7. The number of carboxylic acids is 1. The molecule has 26 heavy (non-hydrogen) atoms. The molecule has 0 amide bonds. The standard InChI is InChI=1S/C18H18N2O4S2/c1-10-5-6-13(24-2)11(8-10)12-9-26-17-15(12)16(23)19-18(20-17)25-7-3-4-14(21)22/h5-6,8-9H,3-4,7H2,1-2H3,(H,21,22)(H,19,20,23). The SMILES string of the molecule is COc1ccc(C)cc1-c1csc2nc(SCCCC(=O)O)[nH]c(=O)c12. The average molecular weight is 390 g/mol. The molecule has 0 aliphatic rings. The van der Waals surface area contributed by atoms with Gasteiger partial charge in [-0.15, -0.1) is 11.3 Å². The number of fused-ring (bicyclic) bond motifs is 1. The van der Waals surface area contributed by atoms with Gasteiger partial charge in [0.25, 0.3) is 5.56 Å². The number of hydrogen-bond donors (Lipinski definition) is 2. The summed E-state index contributed by atoms with van der Waals surface area (Å²) in [6.07, 6.45) is 0.633. The van der Waals surface area contributed by atoms with E-state index in [1.807, 2.05) is 30.5 Å². The van der Waals surface area contributed by atoms with E-state index in [9.17, 15) is 9.59 Å². The average Bonchev–Trinajstić information content (AvgIpc) is 3.03. The van der Waals surface area contributed by atoms with Crippen molar-refractivity contribution in [2.75, 3.05) is 12.9 Å². The van der Waals surface area contributed by atoms with Gasteiger partial charge in [-0.1, -0.05) is 23.4 Å². The number of nitrogens with zero attached hydrogens (tertiary/aromatic N) is 1. The molecule has 1 aromatic carbocycles. The lowest BCUT2D eigenvalue weighted by atomic mass is 10.0. The predicted octanol–water partition coefficient (Wildman–Crippen LogP) is 3.93. The molecule has 136 valence electrons. The van der Waals surface area contributed by atoms with Crippen LogP contribution in [-0.4, -0.2) is 33.9 Å². The monoisotopic (exact) mass is 390 g/mol. The van der Waals surface area contributed by atoms with E-state index in [-0.39, 0.29) is 12.0 Å². The second-order valence-electron chi connectivity index (χ2n) is 5.75. The molecule has 6 nitrogen and oxygen atoms in total. The number of carboxylic acid groups (broad SMARTS) is 1. The van der Waals surface area contributed by atoms with Gasteiger partial charge in [0, 0.05) is 28.7 Å². The van der Waals surface area contributed by atoms with Crippen molar-refractivity contribution in [2.24, 2.45) is 0 Å². The molecule has 0 saturated carbocycles. The van der Waals surface area contributed by atoms with Gasteiger partial charge in [0.2, 0.25) is 0 Å². The highest BCUT2D eigenvalue weighted by Crippen LogP contribution is 2.37. The normalized spacial score (nSPS) is 11.0. The fraction of sp³-hybridized carbons (Fsp3) is 0.278. The van der Waals surface area contributed by atoms with Crippen molar-refractivity contribution in [2.45, 2.75) is 24.9 Å². The molecule has 2 aromatic heterocycles. The van der Waals surface area contributed by atoms with E-state index in [0.717, 1.165) is 16.7 Å². The number of rotatable bonds is 7. The second kappa shape index (κ2) is 7.92. The quantitative estimate of drug-likeness (QED) is 0.361. The van der Waals surface area contributed by atoms with Gasteiger partial charge in [0.1, 0.15) is 10.6 Å². The Bertz CT molecular complexity index is 1010. The van der Waals surface area contributed by atoms with Crippen LogP contribution < -0.4 is 10.3 Å². The number of hydrogen-bond acceptors (Lipinski definition) is 6. The Morgan fingerprint density at radius 2 is 2.19 bits per heavy atom. The van der Waals surface area contributed by atoms with Crippen LogP contribution in [0.15, 0.2) is 33.5 Å². The highest BCUT2D eigenvalue weighted by atomic mass is 32.2. The summed E-state index contributed by atoms with van der Waals surface area (Å²) in [4.78, 5) is 31.2. The molecule has 0 bridgehead atoms. The van der Waals surface area contributed by atoms with E-state index in [0.29, 0.717) is 33.3 Å². The Kier molecular flexibility index (Phi) is 5.63. The van der Waals surface area contributed by atoms with Gasteiger partial charge >= 0.3 is 5.97 Å². The third-order valence-electron chi connectivity index (χ3n) is 3.84. The number of thiophene rings is 1. The fourth-order valence-corrected chi connectivity index (χ4v) is 4.42. The molecule has 0 aliphatic heterocycles. The van der Waals surface area contributed by atoms with Crippen molar-refractivity contribution >= 4 is 39.3 Å². The molecular formula is C18H18N2O4S2. The Labute approximate surface area is 158 Å². The minimum Gasteiger partial charge on any atom is -0.496 e. The van der Waals surface area contributed by atoms with Crippen LogP contribution in [0.25, 0.3) is 21.3 Å². The summed E-state index contributed by atoms with van der Waals surface area (Å²) in [6, 6.07) is 5.85. The number of nitrogens with one attached hydrogen (secondary N) is 1. The molecule has 3 aromatic rings. The first-order chi connectivity index (χ1) is 12.5. The van der Waals surface area contributed by atoms with E-state index >= 15 is 0 Å². The Morgan fingerprint density at radius 3 is 2.92 bits per heavy atom. The van der Waals surface area contributed by atoms with Crippen LogP contribution in [0, 0.1) is 6.92 Å². The molecule has 8 heteroatoms. The smallest absolute Gasteiger partial charge is 0.303 e. The van der Waals surface area contributed by atoms with Crippen LogP contribution in [-0.2, 0) is 4.79 Å². The predicted molar refractivity (Wildman–Crippen MR) is 105 cm³/mol. The molecule has 3 rings (SSSR count). The fourth-order valence-electron chi connectivity index (χ4n) is 2.62. The topological polar surface area (TPSA) is 92.3 Å². The van der Waals surface area contributed by atoms with Crippen molar-refractivity contribution in [3.63, 3.8) is 0 Å². The van der Waals surface area contributed by atoms with Crippen molar-refractivity contribution in [1.82, 2.24) is 9.97 Å². The summed E-state index contributed by atoms with van der Waals surface area (Å²) in [7, 11) is 1.61. The maximum atomic E-state index is 12.6. The molecule has 2 N–H and O–H groups in total. The number of carbonyl (C=O) groups is 1. The number of ether oxygens (including phenoxy) is 1. The first kappa shape index (κ1) is 18.5. The van der Waals surface area contributed by atoms with E-state index in [1.54, 1.807) is 7.11 Å². The van der Waals surface area contributed by atoms with E-state index in [4.69, 9.17) is 9.84 Å². The minimum atomic E-state index is -0.822. The molecule has 0 radical (unpaired) electrons. The lowest BCUT2D eigenvalue weighted by molar-refractivity contribution is -0.137. The molecule has 0 aliphatic carbocycles. The molecule has 0 fully saturated rings. The number of thioether (sulfide) groups is 1. The minimum absolute atomic E-state index is 0.107. The summed E-state index contributed by atoms with van der Waals surface area (Å²) in [6.45, 7) is 1.99. The van der Waals surface area contributed by atoms with E-state index < -0.39 is 5.97 Å². The Morgan fingerprint density at radius 1 is 1.38 bits per heavy atom. The molecule has 0 atom stereocenters. The molecule has 0 saturated heterocycles. The van der Waals surface area contributed by atoms with Gasteiger partial charge in [-0.05, 0) is 25.5 Å². The van der Waals surface area contributed by atoms with Crippen molar-refractivity contribution in [3.8, 4) is 16.9 Å². The molecule has 0 spiro atoms. The maximum Gasteiger partial charge on any atom is 0.303 e. The van der Waals surface area contributed by atoms with Crippen molar-refractivity contribution in [1.29, 1.82) is 0 Å². The first-order valence-corrected chi connectivity index (χ1v) is 9.87. The van der Waals surface area contributed by atoms with E-state index in [1.165, 1.54) is 23.1 Å². The maximum absolute atomic E-state index is 12.6.